The molecule has 0 saturated heterocycles. The molecular weight excluding hydrogens is 485 g/mol. The first-order valence-corrected chi connectivity index (χ1v) is 11.5. The van der Waals surface area contributed by atoms with Crippen LogP contribution in [0, 0.1) is 5.82 Å². The van der Waals surface area contributed by atoms with Gasteiger partial charge in [-0.3, -0.25) is 4.79 Å². The van der Waals surface area contributed by atoms with E-state index in [9.17, 15) is 18.0 Å². The van der Waals surface area contributed by atoms with Crippen molar-refractivity contribution in [2.45, 2.75) is 44.4 Å². The van der Waals surface area contributed by atoms with Crippen LogP contribution in [0.5, 0.6) is 5.75 Å². The summed E-state index contributed by atoms with van der Waals surface area (Å²) >= 11 is 0. The Morgan fingerprint density at radius 3 is 2.62 bits per heavy atom. The highest BCUT2D eigenvalue weighted by Crippen LogP contribution is 2.54. The van der Waals surface area contributed by atoms with Crippen molar-refractivity contribution in [2.24, 2.45) is 5.73 Å². The van der Waals surface area contributed by atoms with Gasteiger partial charge in [0.05, 0.1) is 22.8 Å². The monoisotopic (exact) mass is 511 g/mol. The van der Waals surface area contributed by atoms with Crippen LogP contribution in [0.4, 0.5) is 13.2 Å². The number of halogens is 3. The molecule has 8 nitrogen and oxygen atoms in total. The summed E-state index contributed by atoms with van der Waals surface area (Å²) in [5.41, 5.74) is 7.69. The molecule has 6 rings (SSSR count). The van der Waals surface area contributed by atoms with E-state index in [1.807, 2.05) is 0 Å². The molecule has 0 saturated carbocycles. The van der Waals surface area contributed by atoms with Crippen LogP contribution in [0.1, 0.15) is 69.3 Å². The number of alkyl halides is 2. The van der Waals surface area contributed by atoms with E-state index in [1.54, 1.807) is 44.6 Å². The van der Waals surface area contributed by atoms with Crippen molar-refractivity contribution in [2.75, 3.05) is 6.98 Å². The molecular formula is C26H23F3N6O2. The van der Waals surface area contributed by atoms with Gasteiger partial charge in [-0.05, 0) is 50.1 Å². The van der Waals surface area contributed by atoms with Crippen molar-refractivity contribution in [1.29, 1.82) is 0 Å². The maximum absolute atomic E-state index is 14.9. The Labute approximate surface area is 214 Å². The van der Waals surface area contributed by atoms with Gasteiger partial charge in [0, 0.05) is 57.9 Å². The van der Waals surface area contributed by atoms with E-state index >= 15 is 0 Å². The third-order valence-electron chi connectivity index (χ3n) is 6.85. The van der Waals surface area contributed by atoms with E-state index in [4.69, 9.17) is 9.85 Å². The Hall–Kier alpha value is -3.99. The molecule has 3 aromatic heterocycles. The number of hydrogen-bond acceptors (Lipinski definition) is 6. The van der Waals surface area contributed by atoms with Gasteiger partial charge >= 0.3 is 6.61 Å². The SMILES string of the molecule is [2H]C([2H])([2H])N1C(=O)c2ccc(F)c(OC(F)F)c2[C@H]2C[C@@H]1c1nn3ccc(-c4cnc(C(C)(C)N)nc4)cc3c12. The fourth-order valence-corrected chi connectivity index (χ4v) is 5.20. The van der Waals surface area contributed by atoms with Crippen LogP contribution in [0.25, 0.3) is 16.6 Å². The number of carbonyl (C=O) groups is 1. The van der Waals surface area contributed by atoms with Gasteiger partial charge in [-0.1, -0.05) is 0 Å². The molecule has 1 aliphatic heterocycles. The van der Waals surface area contributed by atoms with Crippen molar-refractivity contribution in [1.82, 2.24) is 24.5 Å². The lowest BCUT2D eigenvalue weighted by atomic mass is 9.88. The second kappa shape index (κ2) is 8.01. The number of rotatable bonds is 4. The Morgan fingerprint density at radius 2 is 1.95 bits per heavy atom. The summed E-state index contributed by atoms with van der Waals surface area (Å²) in [6, 6.07) is 4.47. The molecule has 0 spiro atoms. The molecule has 11 heteroatoms. The number of hydrogen-bond donors (Lipinski definition) is 1. The second-order valence-electron chi connectivity index (χ2n) is 9.76. The van der Waals surface area contributed by atoms with Crippen LogP contribution in [0.15, 0.2) is 42.9 Å². The van der Waals surface area contributed by atoms with Crippen LogP contribution in [0.3, 0.4) is 0 Å². The van der Waals surface area contributed by atoms with Crippen molar-refractivity contribution in [3.63, 3.8) is 0 Å². The van der Waals surface area contributed by atoms with Crippen LogP contribution < -0.4 is 10.5 Å². The minimum absolute atomic E-state index is 0.00195. The zero-order valence-electron chi connectivity index (χ0n) is 22.7. The van der Waals surface area contributed by atoms with Crippen LogP contribution >= 0.6 is 0 Å². The largest absolute Gasteiger partial charge is 0.431 e. The molecule has 0 unspecified atom stereocenters. The zero-order chi connectivity index (χ0) is 28.7. The molecule has 190 valence electrons. The molecule has 2 bridgehead atoms. The standard InChI is InChI=1S/C26H23F3N6O2/c1-26(2,30)24-31-10-13(11-32-24)12-6-7-35-17(8-12)20-15-9-18(21(20)33-35)34(3)23(36)14-4-5-16(27)22(19(14)15)37-25(28)29/h4-8,10-11,15,18,25H,9,30H2,1-3H3/t15-,18-/m1/s1/i3D3. The van der Waals surface area contributed by atoms with Crippen molar-refractivity contribution in [3.8, 4) is 16.9 Å². The van der Waals surface area contributed by atoms with Gasteiger partial charge in [0.1, 0.15) is 5.82 Å². The zero-order valence-corrected chi connectivity index (χ0v) is 19.7. The maximum atomic E-state index is 14.9. The lowest BCUT2D eigenvalue weighted by molar-refractivity contribution is -0.0529. The van der Waals surface area contributed by atoms with Gasteiger partial charge in [0.25, 0.3) is 5.91 Å². The molecule has 2 N–H and O–H groups in total. The number of nitrogens with zero attached hydrogens (tertiary/aromatic N) is 5. The fraction of sp³-hybridized carbons (Fsp3) is 0.308. The molecule has 0 fully saturated rings. The van der Waals surface area contributed by atoms with Gasteiger partial charge < -0.3 is 15.4 Å². The smallest absolute Gasteiger partial charge is 0.387 e. The molecule has 1 aliphatic carbocycles. The molecule has 1 aromatic carbocycles. The number of benzene rings is 1. The third kappa shape index (κ3) is 3.56. The Morgan fingerprint density at radius 1 is 1.19 bits per heavy atom. The van der Waals surface area contributed by atoms with E-state index in [-0.39, 0.29) is 17.5 Å². The first-order chi connectivity index (χ1) is 18.8. The predicted octanol–water partition coefficient (Wildman–Crippen LogP) is 4.39. The number of aromatic nitrogens is 4. The maximum Gasteiger partial charge on any atom is 0.387 e. The highest BCUT2D eigenvalue weighted by Gasteiger charge is 2.46. The van der Waals surface area contributed by atoms with Gasteiger partial charge in [-0.15, -0.1) is 0 Å². The van der Waals surface area contributed by atoms with Crippen molar-refractivity contribution in [3.05, 3.63) is 76.9 Å². The predicted molar refractivity (Wildman–Crippen MR) is 128 cm³/mol. The normalized spacial score (nSPS) is 20.4. The van der Waals surface area contributed by atoms with E-state index in [0.717, 1.165) is 17.0 Å². The van der Waals surface area contributed by atoms with Crippen molar-refractivity contribution >= 4 is 11.4 Å². The van der Waals surface area contributed by atoms with Gasteiger partial charge in [0.2, 0.25) is 0 Å². The summed E-state index contributed by atoms with van der Waals surface area (Å²) in [5, 5.41) is 4.59. The summed E-state index contributed by atoms with van der Waals surface area (Å²) in [5.74, 6) is -3.21. The van der Waals surface area contributed by atoms with E-state index in [1.165, 1.54) is 4.52 Å². The summed E-state index contributed by atoms with van der Waals surface area (Å²) in [6.07, 6.45) is 4.90. The average molecular weight is 512 g/mol. The molecule has 2 atom stereocenters. The summed E-state index contributed by atoms with van der Waals surface area (Å²) in [6.45, 7) is -2.69. The second-order valence-corrected chi connectivity index (χ2v) is 9.76. The third-order valence-corrected chi connectivity index (χ3v) is 6.85. The number of pyridine rings is 1. The van der Waals surface area contributed by atoms with Gasteiger partial charge in [-0.25, -0.2) is 18.9 Å². The van der Waals surface area contributed by atoms with Gasteiger partial charge in [0.15, 0.2) is 11.6 Å². The van der Waals surface area contributed by atoms with E-state index in [0.29, 0.717) is 33.7 Å². The number of carbonyl (C=O) groups excluding carboxylic acids is 1. The average Bonchev–Trinajstić information content (AvgIpc) is 3.36. The molecule has 1 amide bonds. The minimum atomic E-state index is -3.37. The lowest BCUT2D eigenvalue weighted by Crippen LogP contribution is -2.31. The van der Waals surface area contributed by atoms with E-state index in [2.05, 4.69) is 19.8 Å². The molecule has 4 aromatic rings. The quantitative estimate of drug-likeness (QED) is 0.437. The highest BCUT2D eigenvalue weighted by atomic mass is 19.3. The van der Waals surface area contributed by atoms with Crippen molar-refractivity contribution < 1.29 is 26.8 Å². The number of nitrogens with two attached hydrogens (primary N) is 1. The minimum Gasteiger partial charge on any atom is -0.431 e. The first kappa shape index (κ1) is 20.1. The van der Waals surface area contributed by atoms with Gasteiger partial charge in [-0.2, -0.15) is 13.9 Å². The summed E-state index contributed by atoms with van der Waals surface area (Å²) in [4.78, 5) is 23.0. The topological polar surface area (TPSA) is 98.6 Å². The highest BCUT2D eigenvalue weighted by molar-refractivity contribution is 5.98. The number of fused-ring (bicyclic) bond motifs is 9. The summed E-state index contributed by atoms with van der Waals surface area (Å²) < 4.78 is 72.1. The number of amides is 1. The molecule has 37 heavy (non-hydrogen) atoms. The fourth-order valence-electron chi connectivity index (χ4n) is 5.20. The Balaban J connectivity index is 1.58. The first-order valence-electron chi connectivity index (χ1n) is 13.0. The molecule has 4 heterocycles. The van der Waals surface area contributed by atoms with Crippen LogP contribution in [-0.4, -0.2) is 44.0 Å². The number of ether oxygens (including phenoxy) is 1. The lowest BCUT2D eigenvalue weighted by Gasteiger charge is -2.24. The van der Waals surface area contributed by atoms with Crippen LogP contribution in [0.2, 0.25) is 0 Å². The summed E-state index contributed by atoms with van der Waals surface area (Å²) in [7, 11) is 0. The molecule has 2 aliphatic rings. The van der Waals surface area contributed by atoms with E-state index < -0.39 is 48.6 Å². The molecule has 0 radical (unpaired) electrons. The van der Waals surface area contributed by atoms with Crippen LogP contribution in [-0.2, 0) is 5.54 Å². The Bertz CT molecular complexity index is 1670. The Kier molecular flexibility index (Phi) is 4.35.